The first-order valence-corrected chi connectivity index (χ1v) is 8.59. The van der Waals surface area contributed by atoms with Crippen molar-refractivity contribution in [3.05, 3.63) is 11.6 Å². The standard InChI is InChI=1S/C16H29N7O.HI/c1-6-11(2)18-16(17-10-14(24)22(4)5)20-13-8-7-9-23-15(13)19-12(3)21-23;/h11,13H,6-10H2,1-5H3,(H2,17,18,20);1H. The van der Waals surface area contributed by atoms with Crippen LogP contribution in [-0.4, -0.2) is 58.2 Å². The normalized spacial score (nSPS) is 18.0. The van der Waals surface area contributed by atoms with Crippen molar-refractivity contribution >= 4 is 35.8 Å². The number of nitrogens with one attached hydrogen (secondary N) is 2. The number of hydrogen-bond acceptors (Lipinski definition) is 4. The summed E-state index contributed by atoms with van der Waals surface area (Å²) in [5.41, 5.74) is 0. The fraction of sp³-hybridized carbons (Fsp3) is 0.750. The fourth-order valence-corrected chi connectivity index (χ4v) is 2.53. The van der Waals surface area contributed by atoms with Crippen LogP contribution in [0.3, 0.4) is 0 Å². The minimum atomic E-state index is -0.0251. The number of hydrogen-bond donors (Lipinski definition) is 2. The van der Waals surface area contributed by atoms with Crippen LogP contribution in [0.2, 0.25) is 0 Å². The molecule has 1 aliphatic rings. The van der Waals surface area contributed by atoms with Gasteiger partial charge in [-0.1, -0.05) is 6.92 Å². The van der Waals surface area contributed by atoms with E-state index in [9.17, 15) is 4.79 Å². The molecule has 0 saturated heterocycles. The Morgan fingerprint density at radius 3 is 2.84 bits per heavy atom. The number of likely N-dealkylation sites (N-methyl/N-ethyl adjacent to an activating group) is 1. The van der Waals surface area contributed by atoms with Gasteiger partial charge in [-0.15, -0.1) is 24.0 Å². The molecule has 25 heavy (non-hydrogen) atoms. The largest absolute Gasteiger partial charge is 0.354 e. The van der Waals surface area contributed by atoms with E-state index in [1.54, 1.807) is 19.0 Å². The lowest BCUT2D eigenvalue weighted by Crippen LogP contribution is -2.45. The Kier molecular flexibility index (Phi) is 8.60. The number of aryl methyl sites for hydroxylation is 2. The third kappa shape index (κ3) is 6.12. The number of carbonyl (C=O) groups is 1. The quantitative estimate of drug-likeness (QED) is 0.392. The molecule has 2 N–H and O–H groups in total. The molecule has 8 nitrogen and oxygen atoms in total. The van der Waals surface area contributed by atoms with E-state index in [1.807, 2.05) is 11.6 Å². The monoisotopic (exact) mass is 463 g/mol. The predicted molar refractivity (Wildman–Crippen MR) is 109 cm³/mol. The van der Waals surface area contributed by atoms with Crippen molar-refractivity contribution < 1.29 is 4.79 Å². The number of nitrogens with zero attached hydrogens (tertiary/aromatic N) is 5. The van der Waals surface area contributed by atoms with E-state index in [-0.39, 0.29) is 48.5 Å². The Bertz CT molecular complexity index is 599. The second-order valence-corrected chi connectivity index (χ2v) is 6.49. The molecular weight excluding hydrogens is 433 g/mol. The van der Waals surface area contributed by atoms with E-state index < -0.39 is 0 Å². The third-order valence-electron chi connectivity index (χ3n) is 4.16. The van der Waals surface area contributed by atoms with Gasteiger partial charge < -0.3 is 15.5 Å². The van der Waals surface area contributed by atoms with Gasteiger partial charge in [0.05, 0.1) is 6.04 Å². The number of guanidine groups is 1. The number of amides is 1. The number of carbonyl (C=O) groups excluding carboxylic acids is 1. The Balaban J connectivity index is 0.00000312. The maximum Gasteiger partial charge on any atom is 0.243 e. The van der Waals surface area contributed by atoms with Crippen LogP contribution < -0.4 is 10.6 Å². The number of aliphatic imine (C=N–C) groups is 1. The molecule has 1 aliphatic heterocycles. The lowest BCUT2D eigenvalue weighted by atomic mass is 10.1. The number of rotatable bonds is 5. The predicted octanol–water partition coefficient (Wildman–Crippen LogP) is 1.46. The zero-order chi connectivity index (χ0) is 17.7. The molecule has 0 saturated carbocycles. The molecule has 9 heteroatoms. The van der Waals surface area contributed by atoms with E-state index in [1.165, 1.54) is 0 Å². The zero-order valence-corrected chi connectivity index (χ0v) is 18.1. The molecule has 0 bridgehead atoms. The van der Waals surface area contributed by atoms with Crippen molar-refractivity contribution in [2.45, 2.75) is 58.7 Å². The SMILES string of the molecule is CCC(C)NC(=NCC(=O)N(C)C)NC1CCCn2nc(C)nc21.I. The summed E-state index contributed by atoms with van der Waals surface area (Å²) >= 11 is 0. The minimum Gasteiger partial charge on any atom is -0.354 e. The molecule has 1 amide bonds. The van der Waals surface area contributed by atoms with Crippen LogP contribution in [0.4, 0.5) is 0 Å². The highest BCUT2D eigenvalue weighted by Gasteiger charge is 2.24. The molecule has 1 aromatic heterocycles. The Hall–Kier alpha value is -1.39. The van der Waals surface area contributed by atoms with E-state index in [0.717, 1.165) is 37.5 Å². The molecule has 0 radical (unpaired) electrons. The van der Waals surface area contributed by atoms with Gasteiger partial charge in [0.2, 0.25) is 5.91 Å². The third-order valence-corrected chi connectivity index (χ3v) is 4.16. The van der Waals surface area contributed by atoms with E-state index in [2.05, 4.69) is 39.6 Å². The summed E-state index contributed by atoms with van der Waals surface area (Å²) in [6.45, 7) is 7.14. The molecule has 2 heterocycles. The molecule has 1 aromatic rings. The van der Waals surface area contributed by atoms with Crippen LogP contribution >= 0.6 is 24.0 Å². The second kappa shape index (κ2) is 9.93. The maximum atomic E-state index is 11.8. The summed E-state index contributed by atoms with van der Waals surface area (Å²) < 4.78 is 1.96. The summed E-state index contributed by atoms with van der Waals surface area (Å²) in [7, 11) is 3.47. The smallest absolute Gasteiger partial charge is 0.243 e. The van der Waals surface area contributed by atoms with Crippen molar-refractivity contribution in [2.24, 2.45) is 4.99 Å². The molecule has 0 spiro atoms. The van der Waals surface area contributed by atoms with E-state index in [4.69, 9.17) is 0 Å². The van der Waals surface area contributed by atoms with E-state index in [0.29, 0.717) is 5.96 Å². The number of fused-ring (bicyclic) bond motifs is 1. The molecule has 0 aromatic carbocycles. The molecule has 2 rings (SSSR count). The second-order valence-electron chi connectivity index (χ2n) is 6.49. The van der Waals surface area contributed by atoms with Crippen molar-refractivity contribution in [3.8, 4) is 0 Å². The number of halogens is 1. The highest BCUT2D eigenvalue weighted by Crippen LogP contribution is 2.22. The van der Waals surface area contributed by atoms with Gasteiger partial charge in [0.25, 0.3) is 0 Å². The van der Waals surface area contributed by atoms with Crippen LogP contribution in [-0.2, 0) is 11.3 Å². The van der Waals surface area contributed by atoms with Gasteiger partial charge in [-0.2, -0.15) is 5.10 Å². The van der Waals surface area contributed by atoms with Gasteiger partial charge >= 0.3 is 0 Å². The lowest BCUT2D eigenvalue weighted by molar-refractivity contribution is -0.127. The fourth-order valence-electron chi connectivity index (χ4n) is 2.53. The van der Waals surface area contributed by atoms with Gasteiger partial charge in [-0.25, -0.2) is 14.7 Å². The van der Waals surface area contributed by atoms with Crippen molar-refractivity contribution in [3.63, 3.8) is 0 Å². The Morgan fingerprint density at radius 1 is 1.48 bits per heavy atom. The summed E-state index contributed by atoms with van der Waals surface area (Å²) in [5.74, 6) is 2.35. The van der Waals surface area contributed by atoms with Crippen LogP contribution in [0, 0.1) is 6.92 Å². The number of aromatic nitrogens is 3. The molecule has 0 aliphatic carbocycles. The zero-order valence-electron chi connectivity index (χ0n) is 15.7. The van der Waals surface area contributed by atoms with E-state index >= 15 is 0 Å². The molecule has 2 unspecified atom stereocenters. The average molecular weight is 463 g/mol. The summed E-state index contributed by atoms with van der Waals surface area (Å²) in [6, 6.07) is 0.332. The topological polar surface area (TPSA) is 87.4 Å². The highest BCUT2D eigenvalue weighted by molar-refractivity contribution is 14.0. The van der Waals surface area contributed by atoms with Gasteiger partial charge in [-0.3, -0.25) is 4.79 Å². The molecule has 0 fully saturated rings. The van der Waals surface area contributed by atoms with Gasteiger partial charge in [0.1, 0.15) is 18.2 Å². The van der Waals surface area contributed by atoms with Crippen LogP contribution in [0.25, 0.3) is 0 Å². The van der Waals surface area contributed by atoms with Gasteiger partial charge in [0, 0.05) is 26.7 Å². The first-order chi connectivity index (χ1) is 11.4. The first kappa shape index (κ1) is 21.7. The average Bonchev–Trinajstić information content (AvgIpc) is 2.93. The summed E-state index contributed by atoms with van der Waals surface area (Å²) in [6.07, 6.45) is 2.99. The molecule has 142 valence electrons. The van der Waals surface area contributed by atoms with Crippen LogP contribution in [0.15, 0.2) is 4.99 Å². The van der Waals surface area contributed by atoms with Crippen molar-refractivity contribution in [1.29, 1.82) is 0 Å². The summed E-state index contributed by atoms with van der Waals surface area (Å²) in [5, 5.41) is 11.2. The minimum absolute atomic E-state index is 0. The van der Waals surface area contributed by atoms with Crippen LogP contribution in [0.1, 0.15) is 50.8 Å². The van der Waals surface area contributed by atoms with Crippen molar-refractivity contribution in [1.82, 2.24) is 30.3 Å². The molecular formula is C16H30IN7O. The summed E-state index contributed by atoms with van der Waals surface area (Å²) in [4.78, 5) is 22.4. The van der Waals surface area contributed by atoms with Gasteiger partial charge in [0.15, 0.2) is 5.96 Å². The molecule has 2 atom stereocenters. The highest BCUT2D eigenvalue weighted by atomic mass is 127. The van der Waals surface area contributed by atoms with Crippen LogP contribution in [0.5, 0.6) is 0 Å². The van der Waals surface area contributed by atoms with Crippen molar-refractivity contribution in [2.75, 3.05) is 20.6 Å². The first-order valence-electron chi connectivity index (χ1n) is 8.59. The maximum absolute atomic E-state index is 11.8. The van der Waals surface area contributed by atoms with Gasteiger partial charge in [-0.05, 0) is 33.1 Å². The lowest BCUT2D eigenvalue weighted by Gasteiger charge is -2.26. The Labute approximate surface area is 166 Å². The Morgan fingerprint density at radius 2 is 2.20 bits per heavy atom.